The highest BCUT2D eigenvalue weighted by Gasteiger charge is 2.34. The van der Waals surface area contributed by atoms with Crippen molar-refractivity contribution in [1.29, 1.82) is 0 Å². The van der Waals surface area contributed by atoms with Crippen molar-refractivity contribution in [2.75, 3.05) is 37.1 Å². The van der Waals surface area contributed by atoms with E-state index in [0.717, 1.165) is 0 Å². The zero-order valence-corrected chi connectivity index (χ0v) is 19.4. The fourth-order valence-corrected chi connectivity index (χ4v) is 5.40. The molecule has 1 saturated heterocycles. The van der Waals surface area contributed by atoms with Gasteiger partial charge in [-0.05, 0) is 55.3 Å². The van der Waals surface area contributed by atoms with Gasteiger partial charge >= 0.3 is 0 Å². The molecule has 2 aromatic rings. The molecule has 0 bridgehead atoms. The second-order valence-electron chi connectivity index (χ2n) is 7.76. The van der Waals surface area contributed by atoms with Crippen LogP contribution in [0.5, 0.6) is 11.5 Å². The molecule has 0 unspecified atom stereocenters. The molecule has 2 aromatic carbocycles. The van der Waals surface area contributed by atoms with E-state index in [4.69, 9.17) is 9.47 Å². The number of rotatable bonds is 9. The maximum Gasteiger partial charge on any atom is 0.262 e. The van der Waals surface area contributed by atoms with Gasteiger partial charge in [-0.2, -0.15) is 0 Å². The molecule has 1 heterocycles. The molecule has 1 atom stereocenters. The van der Waals surface area contributed by atoms with Gasteiger partial charge in [-0.15, -0.1) is 0 Å². The van der Waals surface area contributed by atoms with E-state index in [9.17, 15) is 22.4 Å². The Bertz CT molecular complexity index is 1100. The van der Waals surface area contributed by atoms with Gasteiger partial charge < -0.3 is 19.7 Å². The number of ether oxygens (including phenoxy) is 2. The summed E-state index contributed by atoms with van der Waals surface area (Å²) >= 11 is 0. The molecule has 2 amide bonds. The molecule has 0 spiro atoms. The number of hydrogen-bond donors (Lipinski definition) is 1. The van der Waals surface area contributed by atoms with E-state index in [2.05, 4.69) is 5.32 Å². The molecule has 0 radical (unpaired) electrons. The lowest BCUT2D eigenvalue weighted by Crippen LogP contribution is -2.41. The van der Waals surface area contributed by atoms with Crippen molar-refractivity contribution in [3.63, 3.8) is 0 Å². The van der Waals surface area contributed by atoms with Crippen molar-refractivity contribution in [3.05, 3.63) is 53.8 Å². The van der Waals surface area contributed by atoms with Gasteiger partial charge in [0.25, 0.3) is 11.8 Å². The van der Waals surface area contributed by atoms with Gasteiger partial charge in [-0.25, -0.2) is 12.8 Å². The number of methoxy groups -OCH3 is 1. The van der Waals surface area contributed by atoms with Gasteiger partial charge in [-0.1, -0.05) is 6.92 Å². The van der Waals surface area contributed by atoms with Crippen LogP contribution in [0.2, 0.25) is 0 Å². The van der Waals surface area contributed by atoms with Crippen molar-refractivity contribution in [2.24, 2.45) is 0 Å². The third-order valence-corrected chi connectivity index (χ3v) is 7.02. The first-order valence-electron chi connectivity index (χ1n) is 10.6. The Labute approximate surface area is 192 Å². The van der Waals surface area contributed by atoms with Gasteiger partial charge in [0, 0.05) is 23.8 Å². The number of sulfone groups is 1. The predicted octanol–water partition coefficient (Wildman–Crippen LogP) is 2.89. The molecule has 178 valence electrons. The summed E-state index contributed by atoms with van der Waals surface area (Å²) < 4.78 is 47.6. The number of nitrogens with one attached hydrogen (secondary N) is 1. The van der Waals surface area contributed by atoms with Crippen molar-refractivity contribution in [3.8, 4) is 11.5 Å². The maximum atomic E-state index is 13.1. The SMILES string of the molecule is CCCN(C(=O)c1ccc(OCC(=O)Nc2ccc(F)cc2)c(OC)c1)[C@@H]1CCS(=O)(=O)C1. The van der Waals surface area contributed by atoms with E-state index >= 15 is 0 Å². The average Bonchev–Trinajstić information content (AvgIpc) is 3.16. The molecule has 0 aromatic heterocycles. The lowest BCUT2D eigenvalue weighted by atomic mass is 10.1. The molecule has 33 heavy (non-hydrogen) atoms. The number of carbonyl (C=O) groups is 2. The minimum atomic E-state index is -3.13. The number of anilines is 1. The van der Waals surface area contributed by atoms with E-state index in [1.807, 2.05) is 6.92 Å². The van der Waals surface area contributed by atoms with Gasteiger partial charge in [0.05, 0.1) is 18.6 Å². The maximum absolute atomic E-state index is 13.1. The smallest absolute Gasteiger partial charge is 0.262 e. The summed E-state index contributed by atoms with van der Waals surface area (Å²) in [6.07, 6.45) is 1.12. The van der Waals surface area contributed by atoms with Crippen LogP contribution >= 0.6 is 0 Å². The van der Waals surface area contributed by atoms with E-state index in [1.54, 1.807) is 11.0 Å². The summed E-state index contributed by atoms with van der Waals surface area (Å²) in [5, 5.41) is 2.59. The van der Waals surface area contributed by atoms with Crippen LogP contribution in [0.15, 0.2) is 42.5 Å². The molecule has 1 aliphatic heterocycles. The molecular formula is C23H27FN2O6S. The van der Waals surface area contributed by atoms with Crippen LogP contribution in [-0.4, -0.2) is 62.9 Å². The molecule has 0 aliphatic carbocycles. The number of amides is 2. The summed E-state index contributed by atoms with van der Waals surface area (Å²) in [6.45, 7) is 2.06. The molecular weight excluding hydrogens is 451 g/mol. The Morgan fingerprint density at radius 3 is 2.48 bits per heavy atom. The van der Waals surface area contributed by atoms with E-state index in [1.165, 1.54) is 43.5 Å². The molecule has 1 N–H and O–H groups in total. The number of carbonyl (C=O) groups excluding carboxylic acids is 2. The largest absolute Gasteiger partial charge is 0.493 e. The lowest BCUT2D eigenvalue weighted by Gasteiger charge is -2.28. The Morgan fingerprint density at radius 2 is 1.88 bits per heavy atom. The number of hydrogen-bond acceptors (Lipinski definition) is 6. The highest BCUT2D eigenvalue weighted by molar-refractivity contribution is 7.91. The van der Waals surface area contributed by atoms with Crippen LogP contribution in [0.25, 0.3) is 0 Å². The standard InChI is InChI=1S/C23H27FN2O6S/c1-3-11-26(19-10-12-33(29,30)15-19)23(28)16-4-9-20(21(13-16)31-2)32-14-22(27)25-18-7-5-17(24)6-8-18/h4-9,13,19H,3,10-12,14-15H2,1-2H3,(H,25,27)/t19-/m1/s1. The highest BCUT2D eigenvalue weighted by atomic mass is 32.2. The zero-order valence-electron chi connectivity index (χ0n) is 18.5. The van der Waals surface area contributed by atoms with Crippen molar-refractivity contribution < 1.29 is 31.9 Å². The van der Waals surface area contributed by atoms with Gasteiger partial charge in [0.1, 0.15) is 5.82 Å². The summed E-state index contributed by atoms with van der Waals surface area (Å²) in [6, 6.07) is 9.60. The van der Waals surface area contributed by atoms with E-state index in [0.29, 0.717) is 30.6 Å². The second kappa shape index (κ2) is 10.7. The topological polar surface area (TPSA) is 102 Å². The zero-order chi connectivity index (χ0) is 24.0. The minimum absolute atomic E-state index is 0.0275. The van der Waals surface area contributed by atoms with Crippen LogP contribution in [-0.2, 0) is 14.6 Å². The summed E-state index contributed by atoms with van der Waals surface area (Å²) in [7, 11) is -1.71. The Morgan fingerprint density at radius 1 is 1.15 bits per heavy atom. The summed E-state index contributed by atoms with van der Waals surface area (Å²) in [4.78, 5) is 26.9. The monoisotopic (exact) mass is 478 g/mol. The Balaban J connectivity index is 1.68. The summed E-state index contributed by atoms with van der Waals surface area (Å²) in [5.74, 6) is -0.532. The molecule has 1 aliphatic rings. The number of nitrogens with zero attached hydrogens (tertiary/aromatic N) is 1. The lowest BCUT2D eigenvalue weighted by molar-refractivity contribution is -0.118. The van der Waals surface area contributed by atoms with Crippen LogP contribution < -0.4 is 14.8 Å². The average molecular weight is 479 g/mol. The van der Waals surface area contributed by atoms with Crippen LogP contribution in [0.3, 0.4) is 0 Å². The third kappa shape index (κ3) is 6.44. The normalized spacial score (nSPS) is 16.8. The predicted molar refractivity (Wildman–Crippen MR) is 122 cm³/mol. The van der Waals surface area contributed by atoms with Crippen molar-refractivity contribution in [1.82, 2.24) is 4.90 Å². The molecule has 3 rings (SSSR count). The quantitative estimate of drug-likeness (QED) is 0.595. The number of benzene rings is 2. The van der Waals surface area contributed by atoms with E-state index in [-0.39, 0.29) is 41.6 Å². The first kappa shape index (κ1) is 24.5. The highest BCUT2D eigenvalue weighted by Crippen LogP contribution is 2.29. The third-order valence-electron chi connectivity index (χ3n) is 5.27. The van der Waals surface area contributed by atoms with Crippen LogP contribution in [0, 0.1) is 5.82 Å². The Hall–Kier alpha value is -3.14. The van der Waals surface area contributed by atoms with Crippen molar-refractivity contribution >= 4 is 27.3 Å². The second-order valence-corrected chi connectivity index (χ2v) is 9.99. The first-order chi connectivity index (χ1) is 15.7. The Kier molecular flexibility index (Phi) is 7.91. The molecule has 10 heteroatoms. The van der Waals surface area contributed by atoms with Gasteiger partial charge in [-0.3, -0.25) is 9.59 Å². The van der Waals surface area contributed by atoms with Crippen molar-refractivity contribution in [2.45, 2.75) is 25.8 Å². The molecule has 1 fully saturated rings. The number of halogens is 1. The minimum Gasteiger partial charge on any atom is -0.493 e. The first-order valence-corrected chi connectivity index (χ1v) is 12.4. The van der Waals surface area contributed by atoms with Gasteiger partial charge in [0.2, 0.25) is 0 Å². The fraction of sp³-hybridized carbons (Fsp3) is 0.391. The fourth-order valence-electron chi connectivity index (χ4n) is 3.67. The van der Waals surface area contributed by atoms with E-state index < -0.39 is 21.6 Å². The summed E-state index contributed by atoms with van der Waals surface area (Å²) in [5.41, 5.74) is 0.774. The van der Waals surface area contributed by atoms with Crippen LogP contribution in [0.1, 0.15) is 30.1 Å². The molecule has 0 saturated carbocycles. The van der Waals surface area contributed by atoms with Crippen LogP contribution in [0.4, 0.5) is 10.1 Å². The molecule has 8 nitrogen and oxygen atoms in total. The van der Waals surface area contributed by atoms with Gasteiger partial charge in [0.15, 0.2) is 27.9 Å².